The summed E-state index contributed by atoms with van der Waals surface area (Å²) in [7, 11) is 0. The molecule has 118 valence electrons. The number of fused-ring (bicyclic) bond motifs is 1. The number of rotatable bonds is 6. The van der Waals surface area contributed by atoms with Crippen LogP contribution in [0.5, 0.6) is 0 Å². The van der Waals surface area contributed by atoms with Crippen LogP contribution < -0.4 is 5.32 Å². The molecule has 2 aromatic carbocycles. The van der Waals surface area contributed by atoms with Crippen LogP contribution in [-0.4, -0.2) is 20.9 Å². The van der Waals surface area contributed by atoms with Crippen molar-refractivity contribution in [2.45, 2.75) is 32.6 Å². The molecule has 3 rings (SSSR count). The fraction of sp³-hybridized carbons (Fsp3) is 0.278. The molecule has 1 amide bonds. The van der Waals surface area contributed by atoms with E-state index in [1.807, 2.05) is 48.5 Å². The van der Waals surface area contributed by atoms with Crippen molar-refractivity contribution in [1.82, 2.24) is 15.0 Å². The molecule has 1 N–H and O–H groups in total. The summed E-state index contributed by atoms with van der Waals surface area (Å²) in [6.07, 6.45) is 3.68. The lowest BCUT2D eigenvalue weighted by Crippen LogP contribution is -2.10. The van der Waals surface area contributed by atoms with Gasteiger partial charge in [-0.05, 0) is 36.8 Å². The summed E-state index contributed by atoms with van der Waals surface area (Å²) in [5, 5.41) is 11.9. The molecule has 0 fully saturated rings. The predicted molar refractivity (Wildman–Crippen MR) is 91.6 cm³/mol. The van der Waals surface area contributed by atoms with Crippen LogP contribution in [0.25, 0.3) is 16.7 Å². The monoisotopic (exact) mass is 308 g/mol. The Morgan fingerprint density at radius 3 is 2.61 bits per heavy atom. The van der Waals surface area contributed by atoms with Gasteiger partial charge < -0.3 is 5.32 Å². The van der Waals surface area contributed by atoms with E-state index in [0.717, 1.165) is 41.7 Å². The van der Waals surface area contributed by atoms with Crippen LogP contribution in [0.2, 0.25) is 0 Å². The number of amides is 1. The van der Waals surface area contributed by atoms with Gasteiger partial charge in [0, 0.05) is 12.1 Å². The van der Waals surface area contributed by atoms with Gasteiger partial charge in [-0.25, -0.2) is 0 Å². The lowest BCUT2D eigenvalue weighted by Gasteiger charge is -2.04. The highest BCUT2D eigenvalue weighted by atomic mass is 16.1. The number of benzene rings is 2. The van der Waals surface area contributed by atoms with Gasteiger partial charge in [-0.1, -0.05) is 38.0 Å². The Bertz CT molecular complexity index is 795. The van der Waals surface area contributed by atoms with Crippen LogP contribution in [0.4, 0.5) is 5.69 Å². The molecule has 3 aromatic rings. The van der Waals surface area contributed by atoms with Crippen LogP contribution in [-0.2, 0) is 4.79 Å². The average Bonchev–Trinajstić information content (AvgIpc) is 2.99. The smallest absolute Gasteiger partial charge is 0.224 e. The number of anilines is 1. The second-order valence-corrected chi connectivity index (χ2v) is 5.53. The van der Waals surface area contributed by atoms with Gasteiger partial charge in [0.05, 0.1) is 5.69 Å². The van der Waals surface area contributed by atoms with E-state index in [2.05, 4.69) is 22.4 Å². The minimum atomic E-state index is 0.0493. The van der Waals surface area contributed by atoms with Crippen molar-refractivity contribution >= 4 is 22.6 Å². The number of aromatic nitrogens is 3. The molecular formula is C18H20N4O. The molecule has 0 atom stereocenters. The molecule has 0 saturated carbocycles. The van der Waals surface area contributed by atoms with E-state index in [4.69, 9.17) is 0 Å². The summed E-state index contributed by atoms with van der Waals surface area (Å²) in [5.41, 5.74) is 3.24. The van der Waals surface area contributed by atoms with Crippen LogP contribution in [0.3, 0.4) is 0 Å². The minimum Gasteiger partial charge on any atom is -0.326 e. The number of para-hydroxylation sites is 1. The summed E-state index contributed by atoms with van der Waals surface area (Å²) in [6, 6.07) is 15.4. The molecule has 0 radical (unpaired) electrons. The molecule has 0 bridgehead atoms. The summed E-state index contributed by atoms with van der Waals surface area (Å²) in [5.74, 6) is 0.0493. The van der Waals surface area contributed by atoms with E-state index in [1.165, 1.54) is 0 Å². The lowest BCUT2D eigenvalue weighted by molar-refractivity contribution is -0.116. The second kappa shape index (κ2) is 7.05. The average molecular weight is 308 g/mol. The molecule has 0 aliphatic rings. The number of hydrogen-bond donors (Lipinski definition) is 1. The maximum Gasteiger partial charge on any atom is 0.224 e. The van der Waals surface area contributed by atoms with Gasteiger partial charge in [0.15, 0.2) is 0 Å². The molecule has 0 spiro atoms. The third-order valence-corrected chi connectivity index (χ3v) is 3.66. The van der Waals surface area contributed by atoms with E-state index in [0.29, 0.717) is 6.42 Å². The van der Waals surface area contributed by atoms with E-state index in [1.54, 1.807) is 4.80 Å². The van der Waals surface area contributed by atoms with Crippen LogP contribution in [0, 0.1) is 0 Å². The molecule has 1 heterocycles. The number of carbonyl (C=O) groups excluding carboxylic acids is 1. The number of nitrogens with zero attached hydrogens (tertiary/aromatic N) is 3. The highest BCUT2D eigenvalue weighted by Gasteiger charge is 2.07. The predicted octanol–water partition coefficient (Wildman–Crippen LogP) is 3.94. The number of hydrogen-bond acceptors (Lipinski definition) is 3. The second-order valence-electron chi connectivity index (χ2n) is 5.53. The van der Waals surface area contributed by atoms with Crippen molar-refractivity contribution in [3.05, 3.63) is 48.5 Å². The zero-order chi connectivity index (χ0) is 16.1. The Kier molecular flexibility index (Phi) is 4.66. The molecule has 5 nitrogen and oxygen atoms in total. The van der Waals surface area contributed by atoms with E-state index in [-0.39, 0.29) is 5.91 Å². The van der Waals surface area contributed by atoms with Gasteiger partial charge in [-0.3, -0.25) is 4.79 Å². The van der Waals surface area contributed by atoms with Crippen LogP contribution >= 0.6 is 0 Å². The highest BCUT2D eigenvalue weighted by Crippen LogP contribution is 2.18. The first kappa shape index (κ1) is 15.2. The molecule has 0 unspecified atom stereocenters. The maximum absolute atomic E-state index is 11.9. The van der Waals surface area contributed by atoms with E-state index < -0.39 is 0 Å². The normalized spacial score (nSPS) is 10.8. The topological polar surface area (TPSA) is 59.8 Å². The van der Waals surface area contributed by atoms with Gasteiger partial charge in [0.1, 0.15) is 11.0 Å². The lowest BCUT2D eigenvalue weighted by atomic mass is 10.2. The first-order valence-corrected chi connectivity index (χ1v) is 7.98. The summed E-state index contributed by atoms with van der Waals surface area (Å²) in [6.45, 7) is 2.13. The minimum absolute atomic E-state index is 0.0493. The number of unbranched alkanes of at least 4 members (excludes halogenated alkanes) is 2. The molecule has 5 heteroatoms. The molecular weight excluding hydrogens is 288 g/mol. The van der Waals surface area contributed by atoms with Crippen molar-refractivity contribution in [2.75, 3.05) is 5.32 Å². The highest BCUT2D eigenvalue weighted by molar-refractivity contribution is 5.92. The standard InChI is InChI=1S/C18H20N4O/c1-2-3-5-10-18(23)19-14-11-12-16-17(13-14)21-22(20-16)15-8-6-4-7-9-15/h4,6-9,11-13H,2-3,5,10H2,1H3,(H,19,23). The van der Waals surface area contributed by atoms with Gasteiger partial charge in [0.25, 0.3) is 0 Å². The Labute approximate surface area is 135 Å². The SMILES string of the molecule is CCCCCC(=O)Nc1ccc2nn(-c3ccccc3)nc2c1. The first-order valence-electron chi connectivity index (χ1n) is 7.98. The molecule has 0 saturated heterocycles. The fourth-order valence-corrected chi connectivity index (χ4v) is 2.43. The number of nitrogens with one attached hydrogen (secondary N) is 1. The van der Waals surface area contributed by atoms with E-state index in [9.17, 15) is 4.79 Å². The zero-order valence-electron chi connectivity index (χ0n) is 13.2. The van der Waals surface area contributed by atoms with Gasteiger partial charge in [0.2, 0.25) is 5.91 Å². The number of carbonyl (C=O) groups is 1. The largest absolute Gasteiger partial charge is 0.326 e. The van der Waals surface area contributed by atoms with Crippen molar-refractivity contribution in [2.24, 2.45) is 0 Å². The molecule has 1 aromatic heterocycles. The Hall–Kier alpha value is -2.69. The molecule has 0 aliphatic heterocycles. The zero-order valence-corrected chi connectivity index (χ0v) is 13.2. The van der Waals surface area contributed by atoms with Crippen molar-refractivity contribution < 1.29 is 4.79 Å². The van der Waals surface area contributed by atoms with Gasteiger partial charge in [-0.2, -0.15) is 4.80 Å². The van der Waals surface area contributed by atoms with Crippen molar-refractivity contribution in [3.63, 3.8) is 0 Å². The Morgan fingerprint density at radius 1 is 1.04 bits per heavy atom. The Balaban J connectivity index is 1.76. The molecule has 0 aliphatic carbocycles. The van der Waals surface area contributed by atoms with Gasteiger partial charge >= 0.3 is 0 Å². The third-order valence-electron chi connectivity index (χ3n) is 3.66. The van der Waals surface area contributed by atoms with E-state index >= 15 is 0 Å². The first-order chi connectivity index (χ1) is 11.3. The van der Waals surface area contributed by atoms with Crippen molar-refractivity contribution in [3.8, 4) is 5.69 Å². The van der Waals surface area contributed by atoms with Gasteiger partial charge in [-0.15, -0.1) is 10.2 Å². The summed E-state index contributed by atoms with van der Waals surface area (Å²) >= 11 is 0. The fourth-order valence-electron chi connectivity index (χ4n) is 2.43. The maximum atomic E-state index is 11.9. The summed E-state index contributed by atoms with van der Waals surface area (Å²) in [4.78, 5) is 13.5. The third kappa shape index (κ3) is 3.74. The van der Waals surface area contributed by atoms with Crippen molar-refractivity contribution in [1.29, 1.82) is 0 Å². The Morgan fingerprint density at radius 2 is 1.83 bits per heavy atom. The summed E-state index contributed by atoms with van der Waals surface area (Å²) < 4.78 is 0. The molecule has 23 heavy (non-hydrogen) atoms. The van der Waals surface area contributed by atoms with Crippen LogP contribution in [0.15, 0.2) is 48.5 Å². The quantitative estimate of drug-likeness (QED) is 0.702. The van der Waals surface area contributed by atoms with Crippen LogP contribution in [0.1, 0.15) is 32.6 Å².